The van der Waals surface area contributed by atoms with E-state index in [0.29, 0.717) is 5.92 Å². The summed E-state index contributed by atoms with van der Waals surface area (Å²) in [5, 5.41) is 46.5. The molecule has 2 heterocycles. The van der Waals surface area contributed by atoms with Crippen LogP contribution in [-0.2, 0) is 9.53 Å². The molecule has 1 amide bonds. The average molecular weight is 393 g/mol. The van der Waals surface area contributed by atoms with Crippen molar-refractivity contribution in [3.05, 3.63) is 0 Å². The Hall–Kier alpha value is -0.420. The van der Waals surface area contributed by atoms with Gasteiger partial charge in [0.1, 0.15) is 29.9 Å². The smallest absolute Gasteiger partial charge is 0.237 e. The SMILES string of the molecule is CCC[C@@H]1CN[C@H](C(=O)N[C@H]([C@@H]2O[C@H](SC)[C@H](O)[C@H](O)[C@H]2O)[C@@H](C)O)C1. The van der Waals surface area contributed by atoms with Crippen LogP contribution in [0.15, 0.2) is 0 Å². The van der Waals surface area contributed by atoms with Gasteiger partial charge >= 0.3 is 0 Å². The van der Waals surface area contributed by atoms with E-state index in [1.54, 1.807) is 6.26 Å². The van der Waals surface area contributed by atoms with Crippen LogP contribution < -0.4 is 10.6 Å². The zero-order chi connectivity index (χ0) is 19.4. The molecule has 2 fully saturated rings. The molecule has 0 aliphatic carbocycles. The van der Waals surface area contributed by atoms with Crippen molar-refractivity contribution in [2.75, 3.05) is 12.8 Å². The van der Waals surface area contributed by atoms with Crippen molar-refractivity contribution in [1.82, 2.24) is 10.6 Å². The zero-order valence-electron chi connectivity index (χ0n) is 15.5. The number of rotatable bonds is 7. The number of thioether (sulfide) groups is 1. The molecule has 0 unspecified atom stereocenters. The van der Waals surface area contributed by atoms with Crippen LogP contribution in [0.5, 0.6) is 0 Å². The van der Waals surface area contributed by atoms with Crippen molar-refractivity contribution < 1.29 is 30.0 Å². The van der Waals surface area contributed by atoms with Gasteiger partial charge in [0.2, 0.25) is 5.91 Å². The minimum absolute atomic E-state index is 0.258. The predicted molar refractivity (Wildman–Crippen MR) is 98.6 cm³/mol. The average Bonchev–Trinajstić information content (AvgIpc) is 3.07. The molecule has 0 aromatic heterocycles. The molecular weight excluding hydrogens is 360 g/mol. The highest BCUT2D eigenvalue weighted by atomic mass is 32.2. The van der Waals surface area contributed by atoms with Gasteiger partial charge in [-0.15, -0.1) is 11.8 Å². The second-order valence-corrected chi connectivity index (χ2v) is 8.24. The maximum Gasteiger partial charge on any atom is 0.237 e. The predicted octanol–water partition coefficient (Wildman–Crippen LogP) is -1.20. The van der Waals surface area contributed by atoms with Crippen molar-refractivity contribution in [3.63, 3.8) is 0 Å². The number of carbonyl (C=O) groups excluding carboxylic acids is 1. The molecule has 0 aromatic carbocycles. The topological polar surface area (TPSA) is 131 Å². The Balaban J connectivity index is 2.05. The van der Waals surface area contributed by atoms with Crippen LogP contribution in [0.25, 0.3) is 0 Å². The third-order valence-corrected chi connectivity index (χ3v) is 6.11. The van der Waals surface area contributed by atoms with Crippen LogP contribution in [-0.4, -0.2) is 87.2 Å². The van der Waals surface area contributed by atoms with E-state index in [-0.39, 0.29) is 11.9 Å². The van der Waals surface area contributed by atoms with Gasteiger partial charge in [-0.1, -0.05) is 13.3 Å². The van der Waals surface area contributed by atoms with Crippen LogP contribution in [0.2, 0.25) is 0 Å². The highest BCUT2D eigenvalue weighted by molar-refractivity contribution is 7.99. The minimum Gasteiger partial charge on any atom is -0.391 e. The number of hydrogen-bond acceptors (Lipinski definition) is 8. The lowest BCUT2D eigenvalue weighted by Gasteiger charge is -2.44. The van der Waals surface area contributed by atoms with Gasteiger partial charge in [-0.25, -0.2) is 0 Å². The monoisotopic (exact) mass is 392 g/mol. The second-order valence-electron chi connectivity index (χ2n) is 7.30. The largest absolute Gasteiger partial charge is 0.391 e. The summed E-state index contributed by atoms with van der Waals surface area (Å²) in [7, 11) is 0. The number of hydrogen-bond donors (Lipinski definition) is 6. The van der Waals surface area contributed by atoms with Crippen LogP contribution >= 0.6 is 11.8 Å². The lowest BCUT2D eigenvalue weighted by atomic mass is 9.92. The van der Waals surface area contributed by atoms with E-state index < -0.39 is 42.0 Å². The van der Waals surface area contributed by atoms with Crippen molar-refractivity contribution in [3.8, 4) is 0 Å². The molecule has 2 saturated heterocycles. The first-order chi connectivity index (χ1) is 12.3. The van der Waals surface area contributed by atoms with Gasteiger partial charge in [0.25, 0.3) is 0 Å². The first-order valence-corrected chi connectivity index (χ1v) is 10.5. The lowest BCUT2D eigenvalue weighted by molar-refractivity contribution is -0.211. The number of aliphatic hydroxyl groups excluding tert-OH is 4. The van der Waals surface area contributed by atoms with Crippen molar-refractivity contribution in [2.45, 2.75) is 81.1 Å². The third kappa shape index (κ3) is 4.89. The molecule has 2 aliphatic heterocycles. The van der Waals surface area contributed by atoms with E-state index in [2.05, 4.69) is 17.6 Å². The van der Waals surface area contributed by atoms with Gasteiger partial charge in [-0.05, 0) is 38.5 Å². The summed E-state index contributed by atoms with van der Waals surface area (Å²) < 4.78 is 5.69. The van der Waals surface area contributed by atoms with Crippen LogP contribution in [0.4, 0.5) is 0 Å². The van der Waals surface area contributed by atoms with Crippen LogP contribution in [0.1, 0.15) is 33.1 Å². The molecule has 152 valence electrons. The minimum atomic E-state index is -1.42. The van der Waals surface area contributed by atoms with Gasteiger partial charge in [-0.2, -0.15) is 0 Å². The number of carbonyl (C=O) groups is 1. The van der Waals surface area contributed by atoms with E-state index >= 15 is 0 Å². The molecule has 0 bridgehead atoms. The Labute approximate surface area is 158 Å². The Morgan fingerprint density at radius 1 is 1.31 bits per heavy atom. The molecule has 8 nitrogen and oxygen atoms in total. The van der Waals surface area contributed by atoms with Gasteiger partial charge < -0.3 is 35.8 Å². The first kappa shape index (κ1) is 21.9. The fourth-order valence-corrected chi connectivity index (χ4v) is 4.42. The van der Waals surface area contributed by atoms with E-state index in [1.165, 1.54) is 18.7 Å². The molecule has 2 rings (SSSR count). The molecule has 0 radical (unpaired) electrons. The molecule has 9 heteroatoms. The second kappa shape index (κ2) is 9.68. The number of amides is 1. The number of ether oxygens (including phenoxy) is 1. The Kier molecular flexibility index (Phi) is 8.14. The van der Waals surface area contributed by atoms with Crippen molar-refractivity contribution in [1.29, 1.82) is 0 Å². The highest BCUT2D eigenvalue weighted by Crippen LogP contribution is 2.29. The quantitative estimate of drug-likeness (QED) is 0.319. The summed E-state index contributed by atoms with van der Waals surface area (Å²) in [4.78, 5) is 12.6. The maximum atomic E-state index is 12.6. The molecule has 0 saturated carbocycles. The molecule has 6 N–H and O–H groups in total. The van der Waals surface area contributed by atoms with Crippen LogP contribution in [0.3, 0.4) is 0 Å². The fraction of sp³-hybridized carbons (Fsp3) is 0.941. The van der Waals surface area contributed by atoms with Gasteiger partial charge in [0.05, 0.1) is 18.2 Å². The first-order valence-electron chi connectivity index (χ1n) is 9.24. The Morgan fingerprint density at radius 2 is 2.00 bits per heavy atom. The standard InChI is InChI=1S/C17H32N2O6S/c1-4-5-9-6-10(18-7-9)16(24)19-11(8(2)20)15-13(22)12(21)14(23)17(25-15)26-3/h8-15,17-18,20-23H,4-7H2,1-3H3,(H,19,24)/t8-,9+,10+,11+,12-,13-,14-,15+,17-/m1/s1. The molecular formula is C17H32N2O6S. The Bertz CT molecular complexity index is 467. The molecule has 0 aromatic rings. The molecule has 0 spiro atoms. The van der Waals surface area contributed by atoms with E-state index in [4.69, 9.17) is 4.74 Å². The highest BCUT2D eigenvalue weighted by Gasteiger charge is 2.48. The lowest BCUT2D eigenvalue weighted by Crippen LogP contribution is -2.65. The number of nitrogens with one attached hydrogen (secondary N) is 2. The molecule has 9 atom stereocenters. The van der Waals surface area contributed by atoms with E-state index in [9.17, 15) is 25.2 Å². The Morgan fingerprint density at radius 3 is 2.58 bits per heavy atom. The summed E-state index contributed by atoms with van der Waals surface area (Å²) in [6, 6.07) is -1.25. The summed E-state index contributed by atoms with van der Waals surface area (Å²) >= 11 is 1.19. The summed E-state index contributed by atoms with van der Waals surface area (Å²) in [5.41, 5.74) is -0.755. The van der Waals surface area contributed by atoms with Crippen molar-refractivity contribution in [2.24, 2.45) is 5.92 Å². The molecule has 26 heavy (non-hydrogen) atoms. The third-order valence-electron chi connectivity index (χ3n) is 5.26. The number of aliphatic hydroxyl groups is 4. The van der Waals surface area contributed by atoms with E-state index in [0.717, 1.165) is 25.8 Å². The summed E-state index contributed by atoms with van der Waals surface area (Å²) in [6.45, 7) is 4.39. The maximum absolute atomic E-state index is 12.6. The van der Waals surface area contributed by atoms with Gasteiger partial charge in [-0.3, -0.25) is 4.79 Å². The normalized spacial score (nSPS) is 40.2. The van der Waals surface area contributed by atoms with E-state index in [1.807, 2.05) is 0 Å². The van der Waals surface area contributed by atoms with Crippen LogP contribution in [0, 0.1) is 5.92 Å². The fourth-order valence-electron chi connectivity index (χ4n) is 3.74. The summed E-state index contributed by atoms with van der Waals surface area (Å²) in [6.07, 6.45) is -1.54. The van der Waals surface area contributed by atoms with Crippen molar-refractivity contribution >= 4 is 17.7 Å². The molecule has 2 aliphatic rings. The van der Waals surface area contributed by atoms with Gasteiger partial charge in [0.15, 0.2) is 0 Å². The summed E-state index contributed by atoms with van der Waals surface area (Å²) in [5.74, 6) is 0.196. The van der Waals surface area contributed by atoms with Gasteiger partial charge in [0, 0.05) is 0 Å². The zero-order valence-corrected chi connectivity index (χ0v) is 16.4.